The number of benzene rings is 3. The summed E-state index contributed by atoms with van der Waals surface area (Å²) >= 11 is 0. The lowest BCUT2D eigenvalue weighted by atomic mass is 9.87. The number of anilines is 3. The van der Waals surface area contributed by atoms with Gasteiger partial charge in [0.05, 0.1) is 0 Å². The molecular weight excluding hydrogens is 278 g/mol. The highest BCUT2D eigenvalue weighted by Gasteiger charge is 2.15. The van der Waals surface area contributed by atoms with Gasteiger partial charge in [-0.2, -0.15) is 0 Å². The second-order valence-corrected chi connectivity index (χ2v) is 6.73. The second-order valence-electron chi connectivity index (χ2n) is 6.73. The molecule has 23 heavy (non-hydrogen) atoms. The molecule has 1 nitrogen and oxygen atoms in total. The fourth-order valence-electron chi connectivity index (χ4n) is 2.66. The normalized spacial score (nSPS) is 11.3. The number of hydrogen-bond donors (Lipinski definition) is 0. The van der Waals surface area contributed by atoms with Crippen LogP contribution in [0.4, 0.5) is 17.1 Å². The van der Waals surface area contributed by atoms with Crippen molar-refractivity contribution in [3.05, 3.63) is 90.5 Å². The van der Waals surface area contributed by atoms with Crippen LogP contribution in [0.3, 0.4) is 0 Å². The highest BCUT2D eigenvalue weighted by Crippen LogP contribution is 2.35. The van der Waals surface area contributed by atoms with Crippen molar-refractivity contribution in [1.82, 2.24) is 0 Å². The van der Waals surface area contributed by atoms with E-state index in [-0.39, 0.29) is 5.41 Å². The molecule has 0 aliphatic carbocycles. The molecule has 3 rings (SSSR count). The number of nitrogens with zero attached hydrogens (tertiary/aromatic N) is 1. The topological polar surface area (TPSA) is 3.24 Å². The number of hydrogen-bond acceptors (Lipinski definition) is 1. The van der Waals surface area contributed by atoms with Gasteiger partial charge in [0.2, 0.25) is 0 Å². The fraction of sp³-hybridized carbons (Fsp3) is 0.182. The third-order valence-corrected chi connectivity index (χ3v) is 3.96. The quantitative estimate of drug-likeness (QED) is 0.552. The summed E-state index contributed by atoms with van der Waals surface area (Å²) in [6.45, 7) is 6.72. The van der Waals surface area contributed by atoms with E-state index in [4.69, 9.17) is 0 Å². The van der Waals surface area contributed by atoms with Crippen LogP contribution in [0.2, 0.25) is 0 Å². The van der Waals surface area contributed by atoms with Crippen LogP contribution in [0.5, 0.6) is 0 Å². The summed E-state index contributed by atoms with van der Waals surface area (Å²) in [5, 5.41) is 0. The van der Waals surface area contributed by atoms with Gasteiger partial charge in [0.1, 0.15) is 0 Å². The minimum absolute atomic E-state index is 0.164. The third kappa shape index (κ3) is 3.45. The van der Waals surface area contributed by atoms with Gasteiger partial charge in [-0.1, -0.05) is 63.2 Å². The van der Waals surface area contributed by atoms with Gasteiger partial charge < -0.3 is 4.90 Å². The van der Waals surface area contributed by atoms with Crippen molar-refractivity contribution in [2.75, 3.05) is 4.90 Å². The van der Waals surface area contributed by atoms with E-state index in [1.54, 1.807) is 0 Å². The van der Waals surface area contributed by atoms with E-state index in [0.29, 0.717) is 0 Å². The highest BCUT2D eigenvalue weighted by molar-refractivity contribution is 5.76. The van der Waals surface area contributed by atoms with Crippen molar-refractivity contribution < 1.29 is 0 Å². The predicted molar refractivity (Wildman–Crippen MR) is 98.7 cm³/mol. The van der Waals surface area contributed by atoms with Crippen LogP contribution in [0.1, 0.15) is 26.3 Å². The van der Waals surface area contributed by atoms with Gasteiger partial charge in [-0.15, -0.1) is 0 Å². The average Bonchev–Trinajstić information content (AvgIpc) is 2.57. The molecule has 0 aromatic heterocycles. The molecule has 1 radical (unpaired) electrons. The van der Waals surface area contributed by atoms with Crippen molar-refractivity contribution in [1.29, 1.82) is 0 Å². The zero-order valence-corrected chi connectivity index (χ0v) is 14.0. The summed E-state index contributed by atoms with van der Waals surface area (Å²) in [4.78, 5) is 2.26. The molecule has 0 saturated carbocycles. The second kappa shape index (κ2) is 6.29. The molecule has 115 valence electrons. The largest absolute Gasteiger partial charge is 0.311 e. The van der Waals surface area contributed by atoms with Crippen LogP contribution in [0, 0.1) is 6.07 Å². The monoisotopic (exact) mass is 300 g/mol. The first-order valence-electron chi connectivity index (χ1n) is 7.97. The van der Waals surface area contributed by atoms with Gasteiger partial charge in [-0.05, 0) is 53.4 Å². The van der Waals surface area contributed by atoms with Crippen molar-refractivity contribution in [3.63, 3.8) is 0 Å². The van der Waals surface area contributed by atoms with Crippen LogP contribution in [0.15, 0.2) is 78.9 Å². The van der Waals surface area contributed by atoms with E-state index in [9.17, 15) is 0 Å². The Labute approximate surface area is 139 Å². The maximum absolute atomic E-state index is 3.09. The minimum atomic E-state index is 0.164. The first-order valence-corrected chi connectivity index (χ1v) is 7.97. The van der Waals surface area contributed by atoms with Crippen LogP contribution in [0.25, 0.3) is 0 Å². The molecule has 0 aliphatic heterocycles. The summed E-state index contributed by atoms with van der Waals surface area (Å²) in [6.07, 6.45) is 0. The summed E-state index contributed by atoms with van der Waals surface area (Å²) in [5.74, 6) is 0. The van der Waals surface area contributed by atoms with Crippen LogP contribution in [-0.4, -0.2) is 0 Å². The van der Waals surface area contributed by atoms with Crippen LogP contribution < -0.4 is 4.90 Å². The molecule has 0 bridgehead atoms. The first-order chi connectivity index (χ1) is 11.1. The first kappa shape index (κ1) is 15.4. The number of rotatable bonds is 3. The maximum Gasteiger partial charge on any atom is 0.0462 e. The van der Waals surface area contributed by atoms with Crippen LogP contribution in [-0.2, 0) is 5.41 Å². The van der Waals surface area contributed by atoms with E-state index >= 15 is 0 Å². The van der Waals surface area contributed by atoms with E-state index < -0.39 is 0 Å². The molecule has 0 amide bonds. The summed E-state index contributed by atoms with van der Waals surface area (Å²) in [6, 6.07) is 30.5. The van der Waals surface area contributed by atoms with Gasteiger partial charge in [-0.25, -0.2) is 0 Å². The Hall–Kier alpha value is -2.54. The molecule has 0 fully saturated rings. The molecule has 0 saturated heterocycles. The third-order valence-electron chi connectivity index (χ3n) is 3.96. The van der Waals surface area contributed by atoms with E-state index in [1.807, 2.05) is 18.2 Å². The van der Waals surface area contributed by atoms with Crippen molar-refractivity contribution in [2.45, 2.75) is 26.2 Å². The molecule has 0 aliphatic rings. The molecule has 0 unspecified atom stereocenters. The van der Waals surface area contributed by atoms with Gasteiger partial charge in [0.25, 0.3) is 0 Å². The van der Waals surface area contributed by atoms with Gasteiger partial charge >= 0.3 is 0 Å². The smallest absolute Gasteiger partial charge is 0.0462 e. The van der Waals surface area contributed by atoms with Crippen LogP contribution >= 0.6 is 0 Å². The molecular formula is C22H22N. The zero-order chi connectivity index (χ0) is 16.3. The lowest BCUT2D eigenvalue weighted by Gasteiger charge is -2.26. The predicted octanol–water partition coefficient (Wildman–Crippen LogP) is 6.25. The summed E-state index contributed by atoms with van der Waals surface area (Å²) in [5.41, 5.74) is 4.96. The molecule has 1 heteroatoms. The molecule has 3 aromatic rings. The molecule has 0 atom stereocenters. The summed E-state index contributed by atoms with van der Waals surface area (Å²) < 4.78 is 0. The Morgan fingerprint density at radius 3 is 1.74 bits per heavy atom. The highest BCUT2D eigenvalue weighted by atomic mass is 15.1. The SMILES string of the molecule is CC(C)(C)c1ccc(N(c2cc[c]cc2)c2ccccc2)cc1. The van der Waals surface area contributed by atoms with E-state index in [0.717, 1.165) is 17.1 Å². The lowest BCUT2D eigenvalue weighted by molar-refractivity contribution is 0.590. The number of para-hydroxylation sites is 1. The van der Waals surface area contributed by atoms with Crippen molar-refractivity contribution in [2.24, 2.45) is 0 Å². The Morgan fingerprint density at radius 2 is 1.17 bits per heavy atom. The minimum Gasteiger partial charge on any atom is -0.311 e. The van der Waals surface area contributed by atoms with Gasteiger partial charge in [0.15, 0.2) is 0 Å². The molecule has 0 spiro atoms. The zero-order valence-electron chi connectivity index (χ0n) is 14.0. The standard InChI is InChI=1S/C22H22N/c1-22(2,3)18-14-16-21(17-15-18)23(19-10-6-4-7-11-19)20-12-8-5-9-13-20/h4,6-17H,1-3H3. The van der Waals surface area contributed by atoms with Crippen molar-refractivity contribution >= 4 is 17.1 Å². The fourth-order valence-corrected chi connectivity index (χ4v) is 2.66. The van der Waals surface area contributed by atoms with Gasteiger partial charge in [0, 0.05) is 17.1 Å². The molecule has 0 N–H and O–H groups in total. The molecule has 0 heterocycles. The van der Waals surface area contributed by atoms with E-state index in [2.05, 4.69) is 92.4 Å². The molecule has 3 aromatic carbocycles. The maximum atomic E-state index is 3.09. The Kier molecular flexibility index (Phi) is 4.20. The average molecular weight is 300 g/mol. The Balaban J connectivity index is 2.06. The lowest BCUT2D eigenvalue weighted by Crippen LogP contribution is -2.13. The van der Waals surface area contributed by atoms with Gasteiger partial charge in [-0.3, -0.25) is 0 Å². The van der Waals surface area contributed by atoms with Crippen molar-refractivity contribution in [3.8, 4) is 0 Å². The van der Waals surface area contributed by atoms with E-state index in [1.165, 1.54) is 5.56 Å². The summed E-state index contributed by atoms with van der Waals surface area (Å²) in [7, 11) is 0. The Bertz CT molecular complexity index is 698. The Morgan fingerprint density at radius 1 is 0.652 bits per heavy atom.